The van der Waals surface area contributed by atoms with Gasteiger partial charge in [0.05, 0.1) is 18.2 Å². The summed E-state index contributed by atoms with van der Waals surface area (Å²) in [6, 6.07) is 3.29. The summed E-state index contributed by atoms with van der Waals surface area (Å²) in [6.07, 6.45) is 3.17. The molecule has 0 radical (unpaired) electrons. The van der Waals surface area contributed by atoms with E-state index in [9.17, 15) is 4.79 Å². The number of carbonyl (C=O) groups excluding carboxylic acids is 1. The zero-order valence-corrected chi connectivity index (χ0v) is 14.5. The van der Waals surface area contributed by atoms with Crippen molar-refractivity contribution in [3.63, 3.8) is 0 Å². The van der Waals surface area contributed by atoms with Crippen LogP contribution in [-0.4, -0.2) is 31.7 Å². The van der Waals surface area contributed by atoms with Gasteiger partial charge in [-0.05, 0) is 44.2 Å². The van der Waals surface area contributed by atoms with Gasteiger partial charge in [-0.2, -0.15) is 0 Å². The van der Waals surface area contributed by atoms with E-state index in [4.69, 9.17) is 26.8 Å². The molecule has 1 atom stereocenters. The highest BCUT2D eigenvalue weighted by Crippen LogP contribution is 2.37. The zero-order chi connectivity index (χ0) is 16.8. The van der Waals surface area contributed by atoms with Gasteiger partial charge in [-0.1, -0.05) is 18.5 Å². The highest BCUT2D eigenvalue weighted by molar-refractivity contribution is 6.32. The predicted octanol–water partition coefficient (Wildman–Crippen LogP) is 2.99. The number of nitrogens with two attached hydrogens (primary N) is 1. The molecule has 1 fully saturated rings. The second-order valence-electron chi connectivity index (χ2n) is 5.78. The highest BCUT2D eigenvalue weighted by atomic mass is 35.5. The number of hydrogen-bond acceptors (Lipinski definition) is 4. The van der Waals surface area contributed by atoms with Crippen LogP contribution >= 0.6 is 11.6 Å². The monoisotopic (exact) mass is 340 g/mol. The second-order valence-corrected chi connectivity index (χ2v) is 6.19. The lowest BCUT2D eigenvalue weighted by molar-refractivity contribution is 0.0949. The van der Waals surface area contributed by atoms with Crippen LogP contribution in [0.4, 0.5) is 0 Å². The van der Waals surface area contributed by atoms with Crippen LogP contribution in [0.5, 0.6) is 11.5 Å². The van der Waals surface area contributed by atoms with Gasteiger partial charge < -0.3 is 20.5 Å². The Labute approximate surface area is 142 Å². The molecule has 1 saturated carbocycles. The molecule has 0 aromatic heterocycles. The van der Waals surface area contributed by atoms with Gasteiger partial charge in [-0.15, -0.1) is 0 Å². The maximum Gasteiger partial charge on any atom is 0.251 e. The number of benzene rings is 1. The van der Waals surface area contributed by atoms with Gasteiger partial charge in [0, 0.05) is 18.2 Å². The SMILES string of the molecule is CCCOc1c(Cl)cc(C(=O)NCC(N)C2CC2)cc1OCC. The minimum Gasteiger partial charge on any atom is -0.490 e. The Morgan fingerprint density at radius 1 is 1.39 bits per heavy atom. The highest BCUT2D eigenvalue weighted by Gasteiger charge is 2.28. The molecule has 0 bridgehead atoms. The maximum atomic E-state index is 12.3. The lowest BCUT2D eigenvalue weighted by atomic mass is 10.1. The first kappa shape index (κ1) is 17.9. The van der Waals surface area contributed by atoms with Crippen molar-refractivity contribution in [2.75, 3.05) is 19.8 Å². The van der Waals surface area contributed by atoms with Crippen molar-refractivity contribution in [1.29, 1.82) is 0 Å². The Hall–Kier alpha value is -1.46. The fourth-order valence-corrected chi connectivity index (χ4v) is 2.58. The van der Waals surface area contributed by atoms with Crippen LogP contribution in [-0.2, 0) is 0 Å². The van der Waals surface area contributed by atoms with Gasteiger partial charge in [0.25, 0.3) is 5.91 Å². The van der Waals surface area contributed by atoms with Crippen molar-refractivity contribution in [3.05, 3.63) is 22.7 Å². The molecule has 1 aliphatic carbocycles. The van der Waals surface area contributed by atoms with E-state index in [0.717, 1.165) is 19.3 Å². The number of hydrogen-bond donors (Lipinski definition) is 2. The fourth-order valence-electron chi connectivity index (χ4n) is 2.31. The molecule has 1 amide bonds. The quantitative estimate of drug-likeness (QED) is 0.724. The van der Waals surface area contributed by atoms with Crippen molar-refractivity contribution in [3.8, 4) is 11.5 Å². The summed E-state index contributed by atoms with van der Waals surface area (Å²) in [7, 11) is 0. The number of carbonyl (C=O) groups is 1. The average Bonchev–Trinajstić information content (AvgIpc) is 3.36. The first-order valence-electron chi connectivity index (χ1n) is 8.19. The Morgan fingerprint density at radius 3 is 2.74 bits per heavy atom. The number of amides is 1. The van der Waals surface area contributed by atoms with Crippen LogP contribution < -0.4 is 20.5 Å². The minimum atomic E-state index is -0.203. The summed E-state index contributed by atoms with van der Waals surface area (Å²) in [4.78, 5) is 12.3. The molecular weight excluding hydrogens is 316 g/mol. The summed E-state index contributed by atoms with van der Waals surface area (Å²) in [5.74, 6) is 1.32. The molecule has 2 rings (SSSR count). The van der Waals surface area contributed by atoms with Gasteiger partial charge in [0.2, 0.25) is 0 Å². The first-order valence-corrected chi connectivity index (χ1v) is 8.57. The van der Waals surface area contributed by atoms with Crippen LogP contribution in [0.3, 0.4) is 0 Å². The molecule has 0 spiro atoms. The zero-order valence-electron chi connectivity index (χ0n) is 13.7. The Bertz CT molecular complexity index is 547. The van der Waals surface area contributed by atoms with E-state index in [1.165, 1.54) is 0 Å². The fraction of sp³-hybridized carbons (Fsp3) is 0.588. The number of ether oxygens (including phenoxy) is 2. The molecule has 5 nitrogen and oxygen atoms in total. The van der Waals surface area contributed by atoms with Crippen LogP contribution in [0.2, 0.25) is 5.02 Å². The second kappa shape index (κ2) is 8.41. The molecule has 3 N–H and O–H groups in total. The van der Waals surface area contributed by atoms with E-state index >= 15 is 0 Å². The van der Waals surface area contributed by atoms with E-state index in [2.05, 4.69) is 5.32 Å². The number of nitrogens with one attached hydrogen (secondary N) is 1. The van der Waals surface area contributed by atoms with Crippen LogP contribution in [0.15, 0.2) is 12.1 Å². The Morgan fingerprint density at radius 2 is 2.13 bits per heavy atom. The predicted molar refractivity (Wildman–Crippen MR) is 91.4 cm³/mol. The third-order valence-corrected chi connectivity index (χ3v) is 4.03. The van der Waals surface area contributed by atoms with E-state index in [0.29, 0.717) is 47.8 Å². The van der Waals surface area contributed by atoms with Gasteiger partial charge in [-0.25, -0.2) is 0 Å². The van der Waals surface area contributed by atoms with E-state index in [1.54, 1.807) is 12.1 Å². The Balaban J connectivity index is 2.09. The van der Waals surface area contributed by atoms with E-state index in [1.807, 2.05) is 13.8 Å². The molecule has 0 heterocycles. The topological polar surface area (TPSA) is 73.6 Å². The third-order valence-electron chi connectivity index (χ3n) is 3.75. The number of halogens is 1. The molecule has 6 heteroatoms. The van der Waals surface area contributed by atoms with Crippen molar-refractivity contribution in [2.45, 2.75) is 39.2 Å². The molecule has 128 valence electrons. The molecule has 0 saturated heterocycles. The summed E-state index contributed by atoms with van der Waals surface area (Å²) in [6.45, 7) is 5.37. The lowest BCUT2D eigenvalue weighted by Crippen LogP contribution is -2.38. The standard InChI is InChI=1S/C17H25ClN2O3/c1-3-7-23-16-13(18)8-12(9-15(16)22-4-2)17(21)20-10-14(19)11-5-6-11/h8-9,11,14H,3-7,10,19H2,1-2H3,(H,20,21). The molecular formula is C17H25ClN2O3. The Kier molecular flexibility index (Phi) is 6.54. The van der Waals surface area contributed by atoms with Crippen LogP contribution in [0.25, 0.3) is 0 Å². The van der Waals surface area contributed by atoms with Gasteiger partial charge in [0.1, 0.15) is 0 Å². The van der Waals surface area contributed by atoms with Crippen molar-refractivity contribution in [2.24, 2.45) is 11.7 Å². The molecule has 0 aliphatic heterocycles. The van der Waals surface area contributed by atoms with E-state index < -0.39 is 0 Å². The minimum absolute atomic E-state index is 0.0212. The smallest absolute Gasteiger partial charge is 0.251 e. The normalized spacial score (nSPS) is 15.1. The van der Waals surface area contributed by atoms with Crippen molar-refractivity contribution in [1.82, 2.24) is 5.32 Å². The van der Waals surface area contributed by atoms with Crippen LogP contribution in [0.1, 0.15) is 43.5 Å². The number of rotatable bonds is 9. The summed E-state index contributed by atoms with van der Waals surface area (Å²) < 4.78 is 11.2. The van der Waals surface area contributed by atoms with Gasteiger partial charge >= 0.3 is 0 Å². The maximum absolute atomic E-state index is 12.3. The summed E-state index contributed by atoms with van der Waals surface area (Å²) >= 11 is 6.26. The first-order chi connectivity index (χ1) is 11.1. The largest absolute Gasteiger partial charge is 0.490 e. The molecule has 1 aromatic carbocycles. The molecule has 1 unspecified atom stereocenters. The summed E-state index contributed by atoms with van der Waals surface area (Å²) in [5, 5.41) is 3.24. The van der Waals surface area contributed by atoms with Gasteiger partial charge in [0.15, 0.2) is 11.5 Å². The molecule has 23 heavy (non-hydrogen) atoms. The van der Waals surface area contributed by atoms with E-state index in [-0.39, 0.29) is 11.9 Å². The van der Waals surface area contributed by atoms with Gasteiger partial charge in [-0.3, -0.25) is 4.79 Å². The summed E-state index contributed by atoms with van der Waals surface area (Å²) in [5.41, 5.74) is 6.46. The lowest BCUT2D eigenvalue weighted by Gasteiger charge is -2.16. The van der Waals surface area contributed by atoms with Crippen molar-refractivity contribution < 1.29 is 14.3 Å². The molecule has 1 aromatic rings. The van der Waals surface area contributed by atoms with Crippen LogP contribution in [0, 0.1) is 5.92 Å². The third kappa shape index (κ3) is 5.01. The molecule has 1 aliphatic rings. The average molecular weight is 341 g/mol. The van der Waals surface area contributed by atoms with Crippen molar-refractivity contribution >= 4 is 17.5 Å².